The van der Waals surface area contributed by atoms with Gasteiger partial charge in [-0.1, -0.05) is 62.4 Å². The van der Waals surface area contributed by atoms with Crippen LogP contribution in [-0.4, -0.2) is 42.8 Å². The molecule has 1 fully saturated rings. The van der Waals surface area contributed by atoms with Crippen molar-refractivity contribution in [2.24, 2.45) is 23.7 Å². The maximum absolute atomic E-state index is 12.3. The number of carbonyl (C=O) groups excluding carboxylic acids is 2. The van der Waals surface area contributed by atoms with Crippen LogP contribution in [0.15, 0.2) is 48.5 Å². The molecular weight excluding hydrogens is 420 g/mol. The average Bonchev–Trinajstić information content (AvgIpc) is 3.51. The highest BCUT2D eigenvalue weighted by Crippen LogP contribution is 2.44. The Balaban J connectivity index is 1.22. The van der Waals surface area contributed by atoms with E-state index in [2.05, 4.69) is 34.9 Å². The number of amides is 2. The number of carbonyl (C=O) groups is 3. The van der Waals surface area contributed by atoms with Gasteiger partial charge in [0.05, 0.1) is 5.92 Å². The molecule has 1 saturated carbocycles. The molecule has 0 spiro atoms. The van der Waals surface area contributed by atoms with Crippen LogP contribution in [0.3, 0.4) is 0 Å². The highest BCUT2D eigenvalue weighted by molar-refractivity contribution is 5.82. The van der Waals surface area contributed by atoms with E-state index >= 15 is 0 Å². The number of ether oxygens (including phenoxy) is 1. The van der Waals surface area contributed by atoms with Crippen molar-refractivity contribution in [1.82, 2.24) is 10.6 Å². The minimum Gasteiger partial charge on any atom is -0.481 e. The van der Waals surface area contributed by atoms with Crippen molar-refractivity contribution in [3.63, 3.8) is 0 Å². The molecule has 1 unspecified atom stereocenters. The minimum absolute atomic E-state index is 0.00531. The Labute approximate surface area is 193 Å². The second kappa shape index (κ2) is 9.65. The maximum atomic E-state index is 12.3. The molecule has 0 aromatic heterocycles. The molecule has 33 heavy (non-hydrogen) atoms. The van der Waals surface area contributed by atoms with Crippen LogP contribution in [0.4, 0.5) is 4.79 Å². The molecular formula is C26H30N2O5. The molecule has 7 heteroatoms. The van der Waals surface area contributed by atoms with E-state index in [0.29, 0.717) is 13.0 Å². The van der Waals surface area contributed by atoms with E-state index in [4.69, 9.17) is 4.74 Å². The number of benzene rings is 2. The van der Waals surface area contributed by atoms with Crippen molar-refractivity contribution in [2.75, 3.05) is 19.7 Å². The number of hydrogen-bond acceptors (Lipinski definition) is 4. The fourth-order valence-electron chi connectivity index (χ4n) is 4.61. The zero-order chi connectivity index (χ0) is 23.5. The van der Waals surface area contributed by atoms with Gasteiger partial charge in [-0.05, 0) is 40.5 Å². The minimum atomic E-state index is -0.908. The van der Waals surface area contributed by atoms with Gasteiger partial charge in [-0.25, -0.2) is 4.79 Å². The van der Waals surface area contributed by atoms with Gasteiger partial charge in [-0.3, -0.25) is 9.59 Å². The summed E-state index contributed by atoms with van der Waals surface area (Å²) in [6, 6.07) is 16.3. The molecule has 0 bridgehead atoms. The Morgan fingerprint density at radius 3 is 2.18 bits per heavy atom. The smallest absolute Gasteiger partial charge is 0.407 e. The zero-order valence-electron chi connectivity index (χ0n) is 18.9. The molecule has 3 atom stereocenters. The van der Waals surface area contributed by atoms with E-state index in [-0.39, 0.29) is 42.7 Å². The van der Waals surface area contributed by atoms with Crippen molar-refractivity contribution in [3.8, 4) is 11.1 Å². The van der Waals surface area contributed by atoms with Gasteiger partial charge in [0.15, 0.2) is 0 Å². The summed E-state index contributed by atoms with van der Waals surface area (Å²) in [4.78, 5) is 35.9. The Bertz CT molecular complexity index is 1000. The van der Waals surface area contributed by atoms with E-state index in [9.17, 15) is 19.5 Å². The topological polar surface area (TPSA) is 105 Å². The molecule has 0 heterocycles. The molecule has 3 N–H and O–H groups in total. The Hall–Kier alpha value is -3.35. The van der Waals surface area contributed by atoms with Crippen molar-refractivity contribution >= 4 is 18.0 Å². The first-order chi connectivity index (χ1) is 15.9. The lowest BCUT2D eigenvalue weighted by molar-refractivity contribution is -0.143. The van der Waals surface area contributed by atoms with Gasteiger partial charge in [-0.15, -0.1) is 0 Å². The number of aliphatic carboxylic acids is 1. The Morgan fingerprint density at radius 1 is 1.00 bits per heavy atom. The standard InChI is InChI=1S/C26H30N2O5/c1-15(2)22(25(30)31)13-27-24(29)21-11-16(21)12-28-26(32)33-14-23-19-9-5-3-7-17(19)18-8-4-6-10-20(18)23/h3-10,15-16,21-23H,11-14H2,1-2H3,(H,27,29)(H,28,32)(H,30,31)/t16-,21-,22?/m0/s1. The third-order valence-electron chi connectivity index (χ3n) is 6.73. The monoisotopic (exact) mass is 450 g/mol. The fraction of sp³-hybridized carbons (Fsp3) is 0.423. The lowest BCUT2D eigenvalue weighted by atomic mass is 9.96. The Kier molecular flexibility index (Phi) is 6.67. The van der Waals surface area contributed by atoms with Gasteiger partial charge in [0, 0.05) is 24.9 Å². The van der Waals surface area contributed by atoms with Crippen molar-refractivity contribution < 1.29 is 24.2 Å². The van der Waals surface area contributed by atoms with Gasteiger partial charge < -0.3 is 20.5 Å². The van der Waals surface area contributed by atoms with Crippen molar-refractivity contribution in [1.29, 1.82) is 0 Å². The predicted octanol–water partition coefficient (Wildman–Crippen LogP) is 3.63. The highest BCUT2D eigenvalue weighted by Gasteiger charge is 2.43. The number of nitrogens with one attached hydrogen (secondary N) is 2. The summed E-state index contributed by atoms with van der Waals surface area (Å²) in [5.41, 5.74) is 4.67. The van der Waals surface area contributed by atoms with Crippen LogP contribution in [0, 0.1) is 23.7 Å². The molecule has 2 amide bonds. The second-order valence-electron chi connectivity index (χ2n) is 9.24. The molecule has 2 aromatic rings. The molecule has 2 aliphatic carbocycles. The Morgan fingerprint density at radius 2 is 1.61 bits per heavy atom. The number of hydrogen-bond donors (Lipinski definition) is 3. The first-order valence-electron chi connectivity index (χ1n) is 11.5. The fourth-order valence-corrected chi connectivity index (χ4v) is 4.61. The average molecular weight is 451 g/mol. The zero-order valence-corrected chi connectivity index (χ0v) is 18.9. The van der Waals surface area contributed by atoms with E-state index in [1.165, 1.54) is 11.1 Å². The van der Waals surface area contributed by atoms with Crippen LogP contribution in [0.25, 0.3) is 11.1 Å². The highest BCUT2D eigenvalue weighted by atomic mass is 16.5. The van der Waals surface area contributed by atoms with E-state index in [0.717, 1.165) is 11.1 Å². The number of alkyl carbamates (subject to hydrolysis) is 1. The van der Waals surface area contributed by atoms with E-state index < -0.39 is 18.0 Å². The molecule has 2 aromatic carbocycles. The maximum Gasteiger partial charge on any atom is 0.407 e. The first-order valence-corrected chi connectivity index (χ1v) is 11.5. The van der Waals surface area contributed by atoms with E-state index in [1.807, 2.05) is 38.1 Å². The third kappa shape index (κ3) is 5.02. The molecule has 0 saturated heterocycles. The summed E-state index contributed by atoms with van der Waals surface area (Å²) in [6.07, 6.45) is 0.184. The number of rotatable bonds is 9. The second-order valence-corrected chi connectivity index (χ2v) is 9.24. The molecule has 7 nitrogen and oxygen atoms in total. The number of fused-ring (bicyclic) bond motifs is 3. The van der Waals surface area contributed by atoms with Crippen molar-refractivity contribution in [3.05, 3.63) is 59.7 Å². The SMILES string of the molecule is CC(C)C(CNC(=O)[C@H]1C[C@H]1CNC(=O)OCC1c2ccccc2-c2ccccc21)C(=O)O. The third-order valence-corrected chi connectivity index (χ3v) is 6.73. The summed E-state index contributed by atoms with van der Waals surface area (Å²) in [6.45, 7) is 4.38. The van der Waals surface area contributed by atoms with Crippen molar-refractivity contribution in [2.45, 2.75) is 26.2 Å². The predicted molar refractivity (Wildman–Crippen MR) is 124 cm³/mol. The van der Waals surface area contributed by atoms with Gasteiger partial charge in [0.1, 0.15) is 6.61 Å². The van der Waals surface area contributed by atoms with Crippen LogP contribution < -0.4 is 10.6 Å². The normalized spacial score (nSPS) is 19.4. The quantitative estimate of drug-likeness (QED) is 0.541. The van der Waals surface area contributed by atoms with Crippen LogP contribution in [-0.2, 0) is 14.3 Å². The summed E-state index contributed by atoms with van der Waals surface area (Å²) in [5.74, 6) is -1.87. The van der Waals surface area contributed by atoms with Gasteiger partial charge in [0.25, 0.3) is 0 Å². The summed E-state index contributed by atoms with van der Waals surface area (Å²) >= 11 is 0. The number of carboxylic acid groups (broad SMARTS) is 1. The summed E-state index contributed by atoms with van der Waals surface area (Å²) < 4.78 is 5.53. The molecule has 2 aliphatic rings. The van der Waals surface area contributed by atoms with Crippen LogP contribution in [0.1, 0.15) is 37.3 Å². The summed E-state index contributed by atoms with van der Waals surface area (Å²) in [7, 11) is 0. The molecule has 174 valence electrons. The lowest BCUT2D eigenvalue weighted by Crippen LogP contribution is -2.37. The molecule has 4 rings (SSSR count). The molecule has 0 aliphatic heterocycles. The van der Waals surface area contributed by atoms with Crippen LogP contribution >= 0.6 is 0 Å². The van der Waals surface area contributed by atoms with Crippen LogP contribution in [0.5, 0.6) is 0 Å². The molecule has 0 radical (unpaired) electrons. The van der Waals surface area contributed by atoms with Crippen LogP contribution in [0.2, 0.25) is 0 Å². The first kappa shape index (κ1) is 22.8. The van der Waals surface area contributed by atoms with Gasteiger partial charge in [0.2, 0.25) is 5.91 Å². The van der Waals surface area contributed by atoms with Gasteiger partial charge >= 0.3 is 12.1 Å². The largest absolute Gasteiger partial charge is 0.481 e. The number of carboxylic acids is 1. The summed E-state index contributed by atoms with van der Waals surface area (Å²) in [5, 5.41) is 14.7. The van der Waals surface area contributed by atoms with E-state index in [1.54, 1.807) is 0 Å². The lowest BCUT2D eigenvalue weighted by Gasteiger charge is -2.16. The van der Waals surface area contributed by atoms with Gasteiger partial charge in [-0.2, -0.15) is 0 Å².